The summed E-state index contributed by atoms with van der Waals surface area (Å²) in [5, 5.41) is 6.43. The van der Waals surface area contributed by atoms with Crippen LogP contribution in [0.5, 0.6) is 0 Å². The molecule has 1 aromatic heterocycles. The van der Waals surface area contributed by atoms with Gasteiger partial charge in [-0.05, 0) is 33.6 Å². The van der Waals surface area contributed by atoms with Crippen molar-refractivity contribution in [2.45, 2.75) is 45.7 Å². The molecule has 0 spiro atoms. The lowest BCUT2D eigenvalue weighted by Gasteiger charge is -2.23. The van der Waals surface area contributed by atoms with Crippen LogP contribution in [0.3, 0.4) is 0 Å². The van der Waals surface area contributed by atoms with Crippen LogP contribution in [0, 0.1) is 6.92 Å². The van der Waals surface area contributed by atoms with Crippen LogP contribution in [-0.2, 0) is 4.79 Å². The van der Waals surface area contributed by atoms with Crippen LogP contribution in [0.25, 0.3) is 0 Å². The standard InChI is InChI=1S/C13H21N3OS/c1-9-8-18-12(14-9)10(2)15-11(3)13(17)16-6-4-5-7-16/h8,10-11,15H,4-7H2,1-3H3. The number of aromatic nitrogens is 1. The van der Waals surface area contributed by atoms with E-state index in [1.165, 1.54) is 0 Å². The van der Waals surface area contributed by atoms with E-state index >= 15 is 0 Å². The Kier molecular flexibility index (Phi) is 4.35. The molecule has 0 bridgehead atoms. The van der Waals surface area contributed by atoms with Gasteiger partial charge in [0, 0.05) is 24.2 Å². The highest BCUT2D eigenvalue weighted by Gasteiger charge is 2.24. The maximum Gasteiger partial charge on any atom is 0.239 e. The average Bonchev–Trinajstić information content (AvgIpc) is 2.98. The third kappa shape index (κ3) is 3.09. The highest BCUT2D eigenvalue weighted by molar-refractivity contribution is 7.09. The molecule has 0 aliphatic carbocycles. The predicted octanol–water partition coefficient (Wildman–Crippen LogP) is 2.11. The van der Waals surface area contributed by atoms with Crippen LogP contribution >= 0.6 is 11.3 Å². The Bertz CT molecular complexity index is 412. The zero-order valence-corrected chi connectivity index (χ0v) is 12.1. The summed E-state index contributed by atoms with van der Waals surface area (Å²) in [6.45, 7) is 7.82. The highest BCUT2D eigenvalue weighted by Crippen LogP contribution is 2.18. The Morgan fingerprint density at radius 1 is 1.44 bits per heavy atom. The van der Waals surface area contributed by atoms with E-state index in [4.69, 9.17) is 0 Å². The van der Waals surface area contributed by atoms with Crippen molar-refractivity contribution < 1.29 is 4.79 Å². The molecule has 0 radical (unpaired) electrons. The summed E-state index contributed by atoms with van der Waals surface area (Å²) >= 11 is 1.65. The first-order chi connectivity index (χ1) is 8.58. The van der Waals surface area contributed by atoms with Crippen molar-refractivity contribution in [3.63, 3.8) is 0 Å². The normalized spacial score (nSPS) is 18.9. The molecule has 100 valence electrons. The highest BCUT2D eigenvalue weighted by atomic mass is 32.1. The summed E-state index contributed by atoms with van der Waals surface area (Å²) in [6, 6.07) is -0.00689. The molecule has 0 saturated carbocycles. The smallest absolute Gasteiger partial charge is 0.239 e. The van der Waals surface area contributed by atoms with E-state index in [0.29, 0.717) is 0 Å². The first-order valence-corrected chi connectivity index (χ1v) is 7.42. The van der Waals surface area contributed by atoms with E-state index in [9.17, 15) is 4.79 Å². The number of nitrogens with one attached hydrogen (secondary N) is 1. The number of amides is 1. The molecule has 1 saturated heterocycles. The number of likely N-dealkylation sites (tertiary alicyclic amines) is 1. The SMILES string of the molecule is Cc1csc(C(C)NC(C)C(=O)N2CCCC2)n1. The maximum atomic E-state index is 12.2. The van der Waals surface area contributed by atoms with Crippen molar-refractivity contribution in [1.82, 2.24) is 15.2 Å². The summed E-state index contributed by atoms with van der Waals surface area (Å²) < 4.78 is 0. The topological polar surface area (TPSA) is 45.2 Å². The molecule has 1 fully saturated rings. The Balaban J connectivity index is 1.90. The van der Waals surface area contributed by atoms with Gasteiger partial charge in [0.1, 0.15) is 5.01 Å². The minimum atomic E-state index is -0.137. The van der Waals surface area contributed by atoms with Crippen molar-refractivity contribution >= 4 is 17.2 Å². The van der Waals surface area contributed by atoms with Crippen LogP contribution in [0.4, 0.5) is 0 Å². The number of carbonyl (C=O) groups excluding carboxylic acids is 1. The fourth-order valence-electron chi connectivity index (χ4n) is 2.30. The average molecular weight is 267 g/mol. The van der Waals surface area contributed by atoms with Gasteiger partial charge in [0.2, 0.25) is 5.91 Å². The predicted molar refractivity (Wildman–Crippen MR) is 73.7 cm³/mol. The third-order valence-corrected chi connectivity index (χ3v) is 4.44. The summed E-state index contributed by atoms with van der Waals surface area (Å²) in [6.07, 6.45) is 2.28. The molecule has 1 N–H and O–H groups in total. The van der Waals surface area contributed by atoms with Crippen LogP contribution < -0.4 is 5.32 Å². The van der Waals surface area contributed by atoms with E-state index in [1.807, 2.05) is 24.1 Å². The second-order valence-corrected chi connectivity index (χ2v) is 5.86. The minimum Gasteiger partial charge on any atom is -0.341 e. The van der Waals surface area contributed by atoms with Crippen molar-refractivity contribution in [3.05, 3.63) is 16.1 Å². The van der Waals surface area contributed by atoms with Crippen molar-refractivity contribution in [3.8, 4) is 0 Å². The molecule has 5 heteroatoms. The Morgan fingerprint density at radius 3 is 2.67 bits per heavy atom. The summed E-state index contributed by atoms with van der Waals surface area (Å²) in [7, 11) is 0. The van der Waals surface area contributed by atoms with Crippen LogP contribution in [-0.4, -0.2) is 34.9 Å². The number of carbonyl (C=O) groups is 1. The number of hydrogen-bond acceptors (Lipinski definition) is 4. The molecule has 1 aliphatic rings. The second-order valence-electron chi connectivity index (χ2n) is 4.97. The Hall–Kier alpha value is -0.940. The molecule has 0 aromatic carbocycles. The van der Waals surface area contributed by atoms with E-state index in [0.717, 1.165) is 36.6 Å². The number of rotatable bonds is 4. The monoisotopic (exact) mass is 267 g/mol. The zero-order chi connectivity index (χ0) is 13.1. The van der Waals surface area contributed by atoms with Crippen LogP contribution in [0.2, 0.25) is 0 Å². The molecular formula is C13H21N3OS. The summed E-state index contributed by atoms with van der Waals surface area (Å²) in [5.74, 6) is 0.215. The zero-order valence-electron chi connectivity index (χ0n) is 11.3. The number of aryl methyl sites for hydroxylation is 1. The van der Waals surface area contributed by atoms with Gasteiger partial charge in [0.05, 0.1) is 12.1 Å². The largest absolute Gasteiger partial charge is 0.341 e. The van der Waals surface area contributed by atoms with Gasteiger partial charge < -0.3 is 4.90 Å². The van der Waals surface area contributed by atoms with Crippen molar-refractivity contribution in [2.24, 2.45) is 0 Å². The molecule has 2 rings (SSSR count). The number of nitrogens with zero attached hydrogens (tertiary/aromatic N) is 2. The van der Waals surface area contributed by atoms with Crippen LogP contribution in [0.1, 0.15) is 43.4 Å². The lowest BCUT2D eigenvalue weighted by atomic mass is 10.2. The fraction of sp³-hybridized carbons (Fsp3) is 0.692. The minimum absolute atomic E-state index is 0.130. The number of thiazole rings is 1. The van der Waals surface area contributed by atoms with Crippen molar-refractivity contribution in [1.29, 1.82) is 0 Å². The van der Waals surface area contributed by atoms with E-state index in [1.54, 1.807) is 11.3 Å². The lowest BCUT2D eigenvalue weighted by Crippen LogP contribution is -2.44. The molecular weight excluding hydrogens is 246 g/mol. The molecule has 1 amide bonds. The molecule has 1 aromatic rings. The van der Waals surface area contributed by atoms with Gasteiger partial charge in [-0.1, -0.05) is 0 Å². The molecule has 1 aliphatic heterocycles. The molecule has 2 atom stereocenters. The summed E-state index contributed by atoms with van der Waals surface area (Å²) in [4.78, 5) is 18.6. The van der Waals surface area contributed by atoms with Gasteiger partial charge in [0.25, 0.3) is 0 Å². The van der Waals surface area contributed by atoms with Gasteiger partial charge in [-0.25, -0.2) is 4.98 Å². The van der Waals surface area contributed by atoms with E-state index in [-0.39, 0.29) is 18.0 Å². The molecule has 2 unspecified atom stereocenters. The van der Waals surface area contributed by atoms with Gasteiger partial charge in [-0.3, -0.25) is 10.1 Å². The van der Waals surface area contributed by atoms with Crippen molar-refractivity contribution in [2.75, 3.05) is 13.1 Å². The second kappa shape index (κ2) is 5.80. The van der Waals surface area contributed by atoms with Gasteiger partial charge in [0.15, 0.2) is 0 Å². The maximum absolute atomic E-state index is 12.2. The van der Waals surface area contributed by atoms with Gasteiger partial charge in [-0.2, -0.15) is 0 Å². The van der Waals surface area contributed by atoms with Gasteiger partial charge >= 0.3 is 0 Å². The molecule has 2 heterocycles. The fourth-order valence-corrected chi connectivity index (χ4v) is 3.11. The Morgan fingerprint density at radius 2 is 2.11 bits per heavy atom. The third-order valence-electron chi connectivity index (χ3n) is 3.30. The first kappa shape index (κ1) is 13.5. The van der Waals surface area contributed by atoms with E-state index in [2.05, 4.69) is 17.2 Å². The lowest BCUT2D eigenvalue weighted by molar-refractivity contribution is -0.132. The van der Waals surface area contributed by atoms with Crippen LogP contribution in [0.15, 0.2) is 5.38 Å². The quantitative estimate of drug-likeness (QED) is 0.909. The Labute approximate surface area is 112 Å². The first-order valence-electron chi connectivity index (χ1n) is 6.55. The molecule has 18 heavy (non-hydrogen) atoms. The summed E-state index contributed by atoms with van der Waals surface area (Å²) in [5.41, 5.74) is 1.04. The van der Waals surface area contributed by atoms with Gasteiger partial charge in [-0.15, -0.1) is 11.3 Å². The number of hydrogen-bond donors (Lipinski definition) is 1. The molecule has 4 nitrogen and oxygen atoms in total. The van der Waals surface area contributed by atoms with E-state index < -0.39 is 0 Å².